The maximum absolute atomic E-state index is 2.50. The highest BCUT2D eigenvalue weighted by Gasteiger charge is 2.25. The Kier molecular flexibility index (Phi) is 13.5. The van der Waals surface area contributed by atoms with Gasteiger partial charge in [0.05, 0.1) is 49.7 Å². The number of fused-ring (bicyclic) bond motifs is 24. The molecule has 0 saturated carbocycles. The van der Waals surface area contributed by atoms with Crippen LogP contribution in [0.5, 0.6) is 0 Å². The van der Waals surface area contributed by atoms with Crippen molar-refractivity contribution in [3.8, 4) is 55.6 Å². The van der Waals surface area contributed by atoms with Gasteiger partial charge in [-0.05, 0) is 242 Å². The van der Waals surface area contributed by atoms with Crippen LogP contribution in [-0.4, -0.2) is 13.2 Å². The molecule has 112 heavy (non-hydrogen) atoms. The topological polar surface area (TPSA) is 13.2 Å². The van der Waals surface area contributed by atoms with Crippen LogP contribution in [0.25, 0.3) is 235 Å². The van der Waals surface area contributed by atoms with Gasteiger partial charge in [-0.15, -0.1) is 0 Å². The summed E-state index contributed by atoms with van der Waals surface area (Å²) in [6.45, 7) is 2.15. The number of aromatic nitrogens is 3. The van der Waals surface area contributed by atoms with Crippen LogP contribution in [0.4, 0.5) is 0 Å². The molecule has 518 valence electrons. The van der Waals surface area contributed by atoms with Gasteiger partial charge in [-0.2, -0.15) is 0 Å². The Balaban J connectivity index is 0.0000000979. The molecule has 26 aromatic rings. The Hall–Kier alpha value is -14.6. The fourth-order valence-corrected chi connectivity index (χ4v) is 19.0. The van der Waals surface area contributed by atoms with Crippen LogP contribution in [0, 0.1) is 6.92 Å². The molecule has 0 saturated heterocycles. The SMILES string of the molecule is Cc1ccc(-c2cc3c4cc5ccccc5cc4n4c5cc6ccccc6cc5c(c2)c34)cc1.c1ccc(-c2ccc(-c3cc4c5cc6ccccc6cc5n5c6cc7ccccc7cc6c(c3)c45)cc2)cc1.c1ccc(-c2cccc(-c3cc4c5cc6ccccc6cc5n5c6cc7ccccc7cc6c(c3)c45)c2)cc1. The number of rotatable bonds is 5. The number of nitrogens with zero attached hydrogens (tertiary/aromatic N) is 3. The number of aryl methyl sites for hydroxylation is 1. The van der Waals surface area contributed by atoms with E-state index < -0.39 is 0 Å². The third-order valence-corrected chi connectivity index (χ3v) is 24.4. The van der Waals surface area contributed by atoms with Crippen molar-refractivity contribution in [3.05, 3.63) is 394 Å². The van der Waals surface area contributed by atoms with Crippen LogP contribution < -0.4 is 0 Å². The van der Waals surface area contributed by atoms with Crippen molar-refractivity contribution in [1.82, 2.24) is 13.2 Å². The second-order valence-corrected chi connectivity index (χ2v) is 30.8. The summed E-state index contributed by atoms with van der Waals surface area (Å²) in [7, 11) is 0. The van der Waals surface area contributed by atoms with E-state index in [1.165, 1.54) is 240 Å². The molecule has 0 unspecified atom stereocenters. The molecular formula is C109H67N3. The first-order valence-corrected chi connectivity index (χ1v) is 38.9. The maximum Gasteiger partial charge on any atom is 0.0620 e. The molecule has 26 rings (SSSR count). The van der Waals surface area contributed by atoms with Crippen LogP contribution in [-0.2, 0) is 0 Å². The first-order valence-electron chi connectivity index (χ1n) is 38.9. The van der Waals surface area contributed by atoms with Crippen molar-refractivity contribution in [1.29, 1.82) is 0 Å². The summed E-state index contributed by atoms with van der Waals surface area (Å²) < 4.78 is 7.49. The standard InChI is InChI=1S/2C38H23N.C33H21N/c1-2-9-24(10-3-1)25-15-8-16-26(17-25)31-20-34-32-18-27-11-4-6-13-29(27)22-36(32)39-37-23-30-14-7-5-12-28(30)19-33(37)35(21-31)38(34)39;1-2-8-24(9-3-1)25-14-16-26(17-15-25)31-20-34-32-18-27-10-4-6-12-29(27)22-36(32)39-37-23-30-13-7-5-11-28(30)19-33(37)35(21-31)38(34)39;1-20-10-12-21(13-11-20)26-16-29-27-14-22-6-2-4-8-24(22)18-31(27)34-32-19-25-9-5-3-7-23(25)15-28(32)30(17-26)33(29)34/h2*1-23H;2-19H,1H3. The lowest BCUT2D eigenvalue weighted by Crippen LogP contribution is -1.82. The maximum atomic E-state index is 2.50. The van der Waals surface area contributed by atoms with Gasteiger partial charge in [-0.3, -0.25) is 0 Å². The zero-order valence-corrected chi connectivity index (χ0v) is 61.3. The third-order valence-electron chi connectivity index (χ3n) is 24.4. The molecule has 0 N–H and O–H groups in total. The van der Waals surface area contributed by atoms with E-state index in [0.29, 0.717) is 0 Å². The lowest BCUT2D eigenvalue weighted by atomic mass is 9.95. The van der Waals surface area contributed by atoms with Gasteiger partial charge in [0.1, 0.15) is 0 Å². The molecule has 0 aliphatic heterocycles. The molecule has 0 atom stereocenters. The van der Waals surface area contributed by atoms with Gasteiger partial charge < -0.3 is 13.2 Å². The molecule has 3 heteroatoms. The minimum absolute atomic E-state index is 1.24. The molecule has 3 nitrogen and oxygen atoms in total. The first kappa shape index (κ1) is 62.4. The predicted molar refractivity (Wildman–Crippen MR) is 480 cm³/mol. The van der Waals surface area contributed by atoms with Crippen molar-refractivity contribution < 1.29 is 0 Å². The van der Waals surface area contributed by atoms with Gasteiger partial charge in [0.15, 0.2) is 0 Å². The smallest absolute Gasteiger partial charge is 0.0620 e. The van der Waals surface area contributed by atoms with Gasteiger partial charge in [-0.25, -0.2) is 0 Å². The number of benzene rings is 20. The third kappa shape index (κ3) is 9.60. The molecule has 0 fully saturated rings. The van der Waals surface area contributed by atoms with E-state index in [1.54, 1.807) is 0 Å². The van der Waals surface area contributed by atoms with E-state index in [0.717, 1.165) is 0 Å². The van der Waals surface area contributed by atoms with Crippen molar-refractivity contribution in [2.24, 2.45) is 0 Å². The Morgan fingerprint density at radius 3 is 0.589 bits per heavy atom. The second-order valence-electron chi connectivity index (χ2n) is 30.8. The minimum atomic E-state index is 1.24. The highest BCUT2D eigenvalue weighted by Crippen LogP contribution is 2.49. The second kappa shape index (κ2) is 24.2. The van der Waals surface area contributed by atoms with E-state index in [9.17, 15) is 0 Å². The van der Waals surface area contributed by atoms with Crippen molar-refractivity contribution in [2.45, 2.75) is 6.92 Å². The highest BCUT2D eigenvalue weighted by molar-refractivity contribution is 6.30. The summed E-state index contributed by atoms with van der Waals surface area (Å²) >= 11 is 0. The van der Waals surface area contributed by atoms with Gasteiger partial charge in [-0.1, -0.05) is 279 Å². The average molecular weight is 1420 g/mol. The Labute approximate surface area is 644 Å². The zero-order chi connectivity index (χ0) is 73.4. The lowest BCUT2D eigenvalue weighted by molar-refractivity contribution is 1.38. The van der Waals surface area contributed by atoms with E-state index in [-0.39, 0.29) is 0 Å². The van der Waals surface area contributed by atoms with E-state index >= 15 is 0 Å². The zero-order valence-electron chi connectivity index (χ0n) is 61.3. The fourth-order valence-electron chi connectivity index (χ4n) is 19.0. The first-order chi connectivity index (χ1) is 55.4. The van der Waals surface area contributed by atoms with Gasteiger partial charge in [0.25, 0.3) is 0 Å². The Morgan fingerprint density at radius 2 is 0.321 bits per heavy atom. The summed E-state index contributed by atoms with van der Waals surface area (Å²) in [5.41, 5.74) is 25.4. The highest BCUT2D eigenvalue weighted by atomic mass is 14.9. The molecule has 0 spiro atoms. The number of hydrogen-bond acceptors (Lipinski definition) is 0. The fraction of sp³-hybridized carbons (Fsp3) is 0.00917. The quantitative estimate of drug-likeness (QED) is 0.163. The summed E-state index contributed by atoms with van der Waals surface area (Å²) in [6.07, 6.45) is 0. The van der Waals surface area contributed by atoms with Gasteiger partial charge >= 0.3 is 0 Å². The van der Waals surface area contributed by atoms with Crippen molar-refractivity contribution >= 4 is 179 Å². The molecule has 0 bridgehead atoms. The molecular weight excluding hydrogens is 1350 g/mol. The summed E-state index contributed by atoms with van der Waals surface area (Å²) in [5.74, 6) is 0. The molecule has 0 aliphatic rings. The average Bonchev–Trinajstić information content (AvgIpc) is 1.55. The molecule has 0 amide bonds. The van der Waals surface area contributed by atoms with Gasteiger partial charge in [0.2, 0.25) is 0 Å². The monoisotopic (exact) mass is 1420 g/mol. The van der Waals surface area contributed by atoms with Crippen LogP contribution in [0.15, 0.2) is 388 Å². The Morgan fingerprint density at radius 1 is 0.134 bits per heavy atom. The number of hydrogen-bond donors (Lipinski definition) is 0. The Bertz CT molecular complexity index is 7980. The summed E-state index contributed by atoms with van der Waals surface area (Å²) in [5, 5.41) is 31.2. The molecule has 0 aliphatic carbocycles. The van der Waals surface area contributed by atoms with E-state index in [2.05, 4.69) is 408 Å². The molecule has 0 radical (unpaired) electrons. The van der Waals surface area contributed by atoms with Crippen LogP contribution >= 0.6 is 0 Å². The van der Waals surface area contributed by atoms with Gasteiger partial charge in [0, 0.05) is 64.6 Å². The lowest BCUT2D eigenvalue weighted by Gasteiger charge is -2.08. The van der Waals surface area contributed by atoms with E-state index in [1.807, 2.05) is 0 Å². The molecule has 6 heterocycles. The van der Waals surface area contributed by atoms with Crippen LogP contribution in [0.3, 0.4) is 0 Å². The van der Waals surface area contributed by atoms with Crippen molar-refractivity contribution in [2.75, 3.05) is 0 Å². The largest absolute Gasteiger partial charge is 0.308 e. The van der Waals surface area contributed by atoms with Crippen LogP contribution in [0.2, 0.25) is 0 Å². The van der Waals surface area contributed by atoms with E-state index in [4.69, 9.17) is 0 Å². The molecule has 20 aromatic carbocycles. The minimum Gasteiger partial charge on any atom is -0.308 e. The molecule has 6 aromatic heterocycles. The summed E-state index contributed by atoms with van der Waals surface area (Å²) in [6, 6.07) is 143. The normalized spacial score (nSPS) is 12.2. The summed E-state index contributed by atoms with van der Waals surface area (Å²) in [4.78, 5) is 0. The predicted octanol–water partition coefficient (Wildman–Crippen LogP) is 30.1. The van der Waals surface area contributed by atoms with Crippen molar-refractivity contribution in [3.63, 3.8) is 0 Å². The van der Waals surface area contributed by atoms with Crippen LogP contribution in [0.1, 0.15) is 5.56 Å².